The van der Waals surface area contributed by atoms with Gasteiger partial charge in [-0.1, -0.05) is 30.3 Å². The molecule has 0 saturated carbocycles. The van der Waals surface area contributed by atoms with E-state index >= 15 is 0 Å². The maximum Gasteiger partial charge on any atom is 0.230 e. The van der Waals surface area contributed by atoms with Gasteiger partial charge in [0.25, 0.3) is 0 Å². The number of carbonyl (C=O) groups excluding carboxylic acids is 2. The summed E-state index contributed by atoms with van der Waals surface area (Å²) in [5.41, 5.74) is 4.52. The molecule has 2 N–H and O–H groups in total. The molecule has 0 atom stereocenters. The van der Waals surface area contributed by atoms with Crippen molar-refractivity contribution in [2.24, 2.45) is 11.1 Å². The van der Waals surface area contributed by atoms with Crippen molar-refractivity contribution in [2.75, 3.05) is 0 Å². The van der Waals surface area contributed by atoms with Crippen LogP contribution < -0.4 is 5.73 Å². The third-order valence-electron chi connectivity index (χ3n) is 2.22. The molecule has 0 spiro atoms. The van der Waals surface area contributed by atoms with Gasteiger partial charge in [0.1, 0.15) is 5.41 Å². The van der Waals surface area contributed by atoms with Crippen LogP contribution in [0.3, 0.4) is 0 Å². The summed E-state index contributed by atoms with van der Waals surface area (Å²) in [6.07, 6.45) is 0. The molecule has 0 aromatic heterocycles. The van der Waals surface area contributed by atoms with Gasteiger partial charge in [-0.2, -0.15) is 0 Å². The largest absolute Gasteiger partial charge is 0.369 e. The van der Waals surface area contributed by atoms with E-state index in [2.05, 4.69) is 0 Å². The van der Waals surface area contributed by atoms with Gasteiger partial charge in [-0.3, -0.25) is 9.59 Å². The highest BCUT2D eigenvalue weighted by atomic mass is 16.2. The Balaban J connectivity index is 3.03. The third-order valence-corrected chi connectivity index (χ3v) is 2.22. The number of Topliss-reactive ketones (excluding diaryl/α,β-unsaturated/α-hetero) is 1. The van der Waals surface area contributed by atoms with Crippen molar-refractivity contribution in [1.29, 1.82) is 0 Å². The van der Waals surface area contributed by atoms with Crippen LogP contribution in [0.1, 0.15) is 24.2 Å². The zero-order chi connectivity index (χ0) is 10.8. The molecule has 0 bridgehead atoms. The fourth-order valence-electron chi connectivity index (χ4n) is 1.06. The smallest absolute Gasteiger partial charge is 0.230 e. The predicted octanol–water partition coefficient (Wildman–Crippen LogP) is 1.38. The lowest BCUT2D eigenvalue weighted by atomic mass is 9.84. The predicted molar refractivity (Wildman–Crippen MR) is 53.7 cm³/mol. The topological polar surface area (TPSA) is 60.2 Å². The lowest BCUT2D eigenvalue weighted by Gasteiger charge is -2.18. The zero-order valence-electron chi connectivity index (χ0n) is 8.28. The van der Waals surface area contributed by atoms with E-state index in [9.17, 15) is 9.59 Å². The van der Waals surface area contributed by atoms with Gasteiger partial charge < -0.3 is 5.73 Å². The Morgan fingerprint density at radius 3 is 2.07 bits per heavy atom. The van der Waals surface area contributed by atoms with E-state index in [1.165, 1.54) is 13.8 Å². The SMILES string of the molecule is CC(C)(C(N)=O)C(=O)c1ccccc1. The molecule has 1 aromatic rings. The normalized spacial score (nSPS) is 11.0. The minimum Gasteiger partial charge on any atom is -0.369 e. The lowest BCUT2D eigenvalue weighted by Crippen LogP contribution is -2.38. The first-order chi connectivity index (χ1) is 6.46. The summed E-state index contributed by atoms with van der Waals surface area (Å²) in [6.45, 7) is 3.06. The molecule has 0 radical (unpaired) electrons. The van der Waals surface area contributed by atoms with E-state index in [0.717, 1.165) is 0 Å². The van der Waals surface area contributed by atoms with Gasteiger partial charge in [-0.05, 0) is 13.8 Å². The second-order valence-electron chi connectivity index (χ2n) is 3.68. The summed E-state index contributed by atoms with van der Waals surface area (Å²) in [7, 11) is 0. The average molecular weight is 191 g/mol. The molecule has 1 aromatic carbocycles. The van der Waals surface area contributed by atoms with Crippen LogP contribution in [0.4, 0.5) is 0 Å². The number of ketones is 1. The van der Waals surface area contributed by atoms with Gasteiger partial charge in [0.15, 0.2) is 5.78 Å². The lowest BCUT2D eigenvalue weighted by molar-refractivity contribution is -0.123. The molecule has 0 fully saturated rings. The van der Waals surface area contributed by atoms with Crippen LogP contribution in [0.5, 0.6) is 0 Å². The Labute approximate surface area is 82.9 Å². The minimum atomic E-state index is -1.14. The van der Waals surface area contributed by atoms with Crippen molar-refractivity contribution >= 4 is 11.7 Å². The van der Waals surface area contributed by atoms with Gasteiger partial charge >= 0.3 is 0 Å². The summed E-state index contributed by atoms with van der Waals surface area (Å²) in [5, 5.41) is 0. The molecule has 1 rings (SSSR count). The Morgan fingerprint density at radius 2 is 1.64 bits per heavy atom. The van der Waals surface area contributed by atoms with Gasteiger partial charge in [-0.25, -0.2) is 0 Å². The Bertz CT molecular complexity index is 355. The molecule has 74 valence electrons. The first-order valence-corrected chi connectivity index (χ1v) is 4.36. The van der Waals surface area contributed by atoms with Crippen LogP contribution in [-0.2, 0) is 4.79 Å². The first-order valence-electron chi connectivity index (χ1n) is 4.36. The fourth-order valence-corrected chi connectivity index (χ4v) is 1.06. The number of hydrogen-bond acceptors (Lipinski definition) is 2. The van der Waals surface area contributed by atoms with E-state index in [0.29, 0.717) is 5.56 Å². The van der Waals surface area contributed by atoms with Crippen molar-refractivity contribution in [3.63, 3.8) is 0 Å². The standard InChI is InChI=1S/C11H13NO2/c1-11(2,10(12)14)9(13)8-6-4-3-5-7-8/h3-7H,1-2H3,(H2,12,14). The van der Waals surface area contributed by atoms with Crippen LogP contribution in [-0.4, -0.2) is 11.7 Å². The third kappa shape index (κ3) is 1.82. The van der Waals surface area contributed by atoms with Gasteiger partial charge in [0.05, 0.1) is 0 Å². The number of primary amides is 1. The van der Waals surface area contributed by atoms with E-state index in [4.69, 9.17) is 5.73 Å². The zero-order valence-corrected chi connectivity index (χ0v) is 8.28. The number of hydrogen-bond donors (Lipinski definition) is 1. The van der Waals surface area contributed by atoms with Crippen molar-refractivity contribution in [1.82, 2.24) is 0 Å². The average Bonchev–Trinajstić information content (AvgIpc) is 2.17. The second-order valence-corrected chi connectivity index (χ2v) is 3.68. The maximum absolute atomic E-state index is 11.8. The van der Waals surface area contributed by atoms with E-state index in [-0.39, 0.29) is 5.78 Å². The molecular weight excluding hydrogens is 178 g/mol. The molecule has 0 aliphatic carbocycles. The summed E-state index contributed by atoms with van der Waals surface area (Å²) in [6, 6.07) is 8.67. The van der Waals surface area contributed by atoms with E-state index in [1.54, 1.807) is 24.3 Å². The number of amides is 1. The van der Waals surface area contributed by atoms with Crippen molar-refractivity contribution in [3.05, 3.63) is 35.9 Å². The minimum absolute atomic E-state index is 0.245. The Morgan fingerprint density at radius 1 is 1.14 bits per heavy atom. The van der Waals surface area contributed by atoms with Crippen molar-refractivity contribution in [2.45, 2.75) is 13.8 Å². The van der Waals surface area contributed by atoms with Gasteiger partial charge in [0, 0.05) is 5.56 Å². The maximum atomic E-state index is 11.8. The van der Waals surface area contributed by atoms with Gasteiger partial charge in [-0.15, -0.1) is 0 Å². The summed E-state index contributed by atoms with van der Waals surface area (Å²) < 4.78 is 0. The van der Waals surface area contributed by atoms with Crippen LogP contribution in [0.2, 0.25) is 0 Å². The van der Waals surface area contributed by atoms with E-state index in [1.807, 2.05) is 6.07 Å². The molecule has 3 heteroatoms. The van der Waals surface area contributed by atoms with Crippen LogP contribution in [0.15, 0.2) is 30.3 Å². The molecular formula is C11H13NO2. The highest BCUT2D eigenvalue weighted by molar-refractivity contribution is 6.12. The number of benzene rings is 1. The summed E-state index contributed by atoms with van der Waals surface area (Å²) >= 11 is 0. The monoisotopic (exact) mass is 191 g/mol. The van der Waals surface area contributed by atoms with Crippen molar-refractivity contribution < 1.29 is 9.59 Å². The molecule has 0 saturated heterocycles. The fraction of sp³-hybridized carbons (Fsp3) is 0.273. The Kier molecular flexibility index (Phi) is 2.70. The molecule has 3 nitrogen and oxygen atoms in total. The molecule has 0 aliphatic heterocycles. The summed E-state index contributed by atoms with van der Waals surface area (Å²) in [4.78, 5) is 22.8. The first kappa shape index (κ1) is 10.4. The summed E-state index contributed by atoms with van der Waals surface area (Å²) in [5.74, 6) is -0.850. The van der Waals surface area contributed by atoms with Crippen LogP contribution >= 0.6 is 0 Å². The highest BCUT2D eigenvalue weighted by Gasteiger charge is 2.34. The van der Waals surface area contributed by atoms with Crippen LogP contribution in [0, 0.1) is 5.41 Å². The van der Waals surface area contributed by atoms with Crippen molar-refractivity contribution in [3.8, 4) is 0 Å². The molecule has 0 aliphatic rings. The quantitative estimate of drug-likeness (QED) is 0.579. The number of carbonyl (C=O) groups is 2. The second kappa shape index (κ2) is 3.62. The number of rotatable bonds is 3. The van der Waals surface area contributed by atoms with Gasteiger partial charge in [0.2, 0.25) is 5.91 Å². The number of nitrogens with two attached hydrogens (primary N) is 1. The van der Waals surface area contributed by atoms with E-state index < -0.39 is 11.3 Å². The highest BCUT2D eigenvalue weighted by Crippen LogP contribution is 2.20. The molecule has 0 unspecified atom stereocenters. The van der Waals surface area contributed by atoms with Crippen LogP contribution in [0.25, 0.3) is 0 Å². The molecule has 1 amide bonds. The molecule has 0 heterocycles. The Hall–Kier alpha value is -1.64. The molecule has 14 heavy (non-hydrogen) atoms.